The van der Waals surface area contributed by atoms with Gasteiger partial charge in [-0.3, -0.25) is 0 Å². The minimum Gasteiger partial charge on any atom is -0.359 e. The van der Waals surface area contributed by atoms with Crippen molar-refractivity contribution in [2.24, 2.45) is 0 Å². The quantitative estimate of drug-likeness (QED) is 0.815. The third kappa shape index (κ3) is 2.67. The Balaban J connectivity index is 2.72. The van der Waals surface area contributed by atoms with Crippen LogP contribution in [0.2, 0.25) is 0 Å². The Morgan fingerprint density at radius 1 is 1.64 bits per heavy atom. The van der Waals surface area contributed by atoms with Crippen LogP contribution >= 0.6 is 11.8 Å². The SMILES string of the molecule is CNc1nc(C)cn1C(C)CCSC. The second kappa shape index (κ2) is 5.29. The largest absolute Gasteiger partial charge is 0.359 e. The molecular formula is C10H19N3S. The molecule has 1 heterocycles. The maximum Gasteiger partial charge on any atom is 0.203 e. The zero-order valence-electron chi connectivity index (χ0n) is 9.37. The lowest BCUT2D eigenvalue weighted by Crippen LogP contribution is -2.08. The maximum absolute atomic E-state index is 4.40. The predicted molar refractivity (Wildman–Crippen MR) is 64.2 cm³/mol. The molecular weight excluding hydrogens is 194 g/mol. The molecule has 0 radical (unpaired) electrons. The van der Waals surface area contributed by atoms with E-state index in [0.717, 1.165) is 11.6 Å². The van der Waals surface area contributed by atoms with Crippen molar-refractivity contribution in [2.75, 3.05) is 24.4 Å². The maximum atomic E-state index is 4.40. The van der Waals surface area contributed by atoms with Crippen molar-refractivity contribution >= 4 is 17.7 Å². The molecule has 0 saturated carbocycles. The third-order valence-corrected chi connectivity index (χ3v) is 2.93. The molecule has 0 amide bonds. The van der Waals surface area contributed by atoms with Crippen molar-refractivity contribution < 1.29 is 0 Å². The van der Waals surface area contributed by atoms with E-state index in [1.165, 1.54) is 12.2 Å². The van der Waals surface area contributed by atoms with Crippen molar-refractivity contribution in [2.45, 2.75) is 26.3 Å². The van der Waals surface area contributed by atoms with E-state index in [2.05, 4.69) is 34.2 Å². The Morgan fingerprint density at radius 3 is 2.93 bits per heavy atom. The fourth-order valence-electron chi connectivity index (χ4n) is 1.46. The molecule has 1 N–H and O–H groups in total. The van der Waals surface area contributed by atoms with E-state index in [-0.39, 0.29) is 0 Å². The fraction of sp³-hybridized carbons (Fsp3) is 0.700. The summed E-state index contributed by atoms with van der Waals surface area (Å²) in [5.41, 5.74) is 1.07. The minimum atomic E-state index is 0.520. The van der Waals surface area contributed by atoms with Crippen LogP contribution in [0.25, 0.3) is 0 Å². The van der Waals surface area contributed by atoms with Crippen LogP contribution in [0, 0.1) is 6.92 Å². The highest BCUT2D eigenvalue weighted by atomic mass is 32.2. The van der Waals surface area contributed by atoms with Crippen molar-refractivity contribution in [3.63, 3.8) is 0 Å². The standard InChI is InChI=1S/C10H19N3S/c1-8-7-13(10(11-3)12-8)9(2)5-6-14-4/h7,9H,5-6H2,1-4H3,(H,11,12). The number of nitrogens with one attached hydrogen (secondary N) is 1. The van der Waals surface area contributed by atoms with E-state index in [0.29, 0.717) is 6.04 Å². The van der Waals surface area contributed by atoms with Gasteiger partial charge in [0.05, 0.1) is 5.69 Å². The molecule has 1 rings (SSSR count). The van der Waals surface area contributed by atoms with Gasteiger partial charge in [-0.2, -0.15) is 11.8 Å². The summed E-state index contributed by atoms with van der Waals surface area (Å²) in [6.45, 7) is 4.26. The first-order chi connectivity index (χ1) is 6.69. The average molecular weight is 213 g/mol. The van der Waals surface area contributed by atoms with E-state index in [1.54, 1.807) is 0 Å². The van der Waals surface area contributed by atoms with Crippen LogP contribution in [0.3, 0.4) is 0 Å². The fourth-order valence-corrected chi connectivity index (χ4v) is 2.04. The molecule has 0 spiro atoms. The average Bonchev–Trinajstić information content (AvgIpc) is 2.56. The Bertz CT molecular complexity index is 283. The van der Waals surface area contributed by atoms with E-state index >= 15 is 0 Å². The molecule has 1 unspecified atom stereocenters. The molecule has 0 aliphatic rings. The van der Waals surface area contributed by atoms with Crippen LogP contribution in [0.4, 0.5) is 5.95 Å². The molecule has 4 heteroatoms. The third-order valence-electron chi connectivity index (χ3n) is 2.29. The molecule has 0 aliphatic carbocycles. The van der Waals surface area contributed by atoms with Gasteiger partial charge in [-0.25, -0.2) is 4.98 Å². The number of hydrogen-bond acceptors (Lipinski definition) is 3. The van der Waals surface area contributed by atoms with E-state index < -0.39 is 0 Å². The number of aryl methyl sites for hydroxylation is 1. The second-order valence-corrected chi connectivity index (χ2v) is 4.48. The molecule has 0 aromatic carbocycles. The van der Waals surface area contributed by atoms with Crippen LogP contribution in [0.1, 0.15) is 25.1 Å². The molecule has 0 bridgehead atoms. The van der Waals surface area contributed by atoms with Gasteiger partial charge in [0, 0.05) is 19.3 Å². The van der Waals surface area contributed by atoms with Gasteiger partial charge in [0.2, 0.25) is 5.95 Å². The topological polar surface area (TPSA) is 29.9 Å². The van der Waals surface area contributed by atoms with Crippen LogP contribution in [-0.2, 0) is 0 Å². The van der Waals surface area contributed by atoms with E-state index in [1.807, 2.05) is 25.7 Å². The predicted octanol–water partition coefficient (Wildman–Crippen LogP) is 2.55. The van der Waals surface area contributed by atoms with Gasteiger partial charge in [0.25, 0.3) is 0 Å². The van der Waals surface area contributed by atoms with Crippen molar-refractivity contribution in [1.29, 1.82) is 0 Å². The van der Waals surface area contributed by atoms with Gasteiger partial charge in [-0.05, 0) is 32.3 Å². The Labute approximate surface area is 90.3 Å². The molecule has 1 aromatic heterocycles. The van der Waals surface area contributed by atoms with Crippen molar-refractivity contribution in [3.8, 4) is 0 Å². The summed E-state index contributed by atoms with van der Waals surface area (Å²) in [5, 5.41) is 3.12. The second-order valence-electron chi connectivity index (χ2n) is 3.49. The zero-order valence-corrected chi connectivity index (χ0v) is 10.2. The first-order valence-corrected chi connectivity index (χ1v) is 6.30. The molecule has 1 atom stereocenters. The monoisotopic (exact) mass is 213 g/mol. The minimum absolute atomic E-state index is 0.520. The first-order valence-electron chi connectivity index (χ1n) is 4.91. The van der Waals surface area contributed by atoms with E-state index in [9.17, 15) is 0 Å². The van der Waals surface area contributed by atoms with Crippen LogP contribution in [0.5, 0.6) is 0 Å². The highest BCUT2D eigenvalue weighted by Crippen LogP contribution is 2.19. The summed E-state index contributed by atoms with van der Waals surface area (Å²) < 4.78 is 2.21. The number of imidazole rings is 1. The summed E-state index contributed by atoms with van der Waals surface area (Å²) in [7, 11) is 1.92. The summed E-state index contributed by atoms with van der Waals surface area (Å²) in [5.74, 6) is 2.16. The van der Waals surface area contributed by atoms with Gasteiger partial charge >= 0.3 is 0 Å². The molecule has 3 nitrogen and oxygen atoms in total. The number of thioether (sulfide) groups is 1. The normalized spacial score (nSPS) is 12.9. The Hall–Kier alpha value is -0.640. The lowest BCUT2D eigenvalue weighted by molar-refractivity contribution is 0.540. The molecule has 80 valence electrons. The highest BCUT2D eigenvalue weighted by Gasteiger charge is 2.09. The summed E-state index contributed by atoms with van der Waals surface area (Å²) in [6.07, 6.45) is 5.44. The zero-order chi connectivity index (χ0) is 10.6. The van der Waals surface area contributed by atoms with Crippen molar-refractivity contribution in [1.82, 2.24) is 9.55 Å². The summed E-state index contributed by atoms with van der Waals surface area (Å²) in [6, 6.07) is 0.520. The lowest BCUT2D eigenvalue weighted by atomic mass is 10.2. The number of hydrogen-bond donors (Lipinski definition) is 1. The number of rotatable bonds is 5. The molecule has 0 fully saturated rings. The number of nitrogens with zero attached hydrogens (tertiary/aromatic N) is 2. The van der Waals surface area contributed by atoms with Crippen molar-refractivity contribution in [3.05, 3.63) is 11.9 Å². The lowest BCUT2D eigenvalue weighted by Gasteiger charge is -2.15. The van der Waals surface area contributed by atoms with Crippen LogP contribution < -0.4 is 5.32 Å². The molecule has 0 saturated heterocycles. The van der Waals surface area contributed by atoms with Gasteiger partial charge in [0.15, 0.2) is 0 Å². The van der Waals surface area contributed by atoms with Crippen LogP contribution in [-0.4, -0.2) is 28.6 Å². The summed E-state index contributed by atoms with van der Waals surface area (Å²) >= 11 is 1.89. The molecule has 0 aliphatic heterocycles. The first kappa shape index (κ1) is 11.4. The van der Waals surface area contributed by atoms with E-state index in [4.69, 9.17) is 0 Å². The summed E-state index contributed by atoms with van der Waals surface area (Å²) in [4.78, 5) is 4.40. The molecule has 1 aromatic rings. The number of anilines is 1. The van der Waals surface area contributed by atoms with Gasteiger partial charge in [0.1, 0.15) is 0 Å². The molecule has 14 heavy (non-hydrogen) atoms. The Kier molecular flexibility index (Phi) is 4.32. The number of aromatic nitrogens is 2. The highest BCUT2D eigenvalue weighted by molar-refractivity contribution is 7.98. The van der Waals surface area contributed by atoms with Gasteiger partial charge in [-0.15, -0.1) is 0 Å². The van der Waals surface area contributed by atoms with Gasteiger partial charge in [-0.1, -0.05) is 0 Å². The Morgan fingerprint density at radius 2 is 2.36 bits per heavy atom. The van der Waals surface area contributed by atoms with Crippen LogP contribution in [0.15, 0.2) is 6.20 Å². The van der Waals surface area contributed by atoms with Gasteiger partial charge < -0.3 is 9.88 Å². The smallest absolute Gasteiger partial charge is 0.203 e.